The first-order chi connectivity index (χ1) is 11.0. The summed E-state index contributed by atoms with van der Waals surface area (Å²) in [6.07, 6.45) is -2.20. The average molecular weight is 349 g/mol. The fourth-order valence-corrected chi connectivity index (χ4v) is 2.68. The molecule has 9 heteroatoms. The molecule has 0 saturated heterocycles. The SMILES string of the molecule is CC(C)(C)OC(=O)NC[C@H]1CC[C@H](c2noc(C(F)(F)F)n2)CC1. The second-order valence-electron chi connectivity index (χ2n) is 7.06. The van der Waals surface area contributed by atoms with Crippen molar-refractivity contribution in [3.63, 3.8) is 0 Å². The number of hydrogen-bond donors (Lipinski definition) is 1. The molecule has 1 aliphatic rings. The van der Waals surface area contributed by atoms with Gasteiger partial charge in [0.05, 0.1) is 0 Å². The van der Waals surface area contributed by atoms with Crippen LogP contribution in [-0.2, 0) is 10.9 Å². The second-order valence-corrected chi connectivity index (χ2v) is 7.06. The summed E-state index contributed by atoms with van der Waals surface area (Å²) in [6.45, 7) is 5.86. The summed E-state index contributed by atoms with van der Waals surface area (Å²) in [7, 11) is 0. The molecule has 0 aromatic carbocycles. The van der Waals surface area contributed by atoms with Crippen LogP contribution in [0.25, 0.3) is 0 Å². The number of carbonyl (C=O) groups excluding carboxylic acids is 1. The maximum atomic E-state index is 12.5. The maximum absolute atomic E-state index is 12.5. The summed E-state index contributed by atoms with van der Waals surface area (Å²) in [6, 6.07) is 0. The molecule has 0 atom stereocenters. The molecule has 0 radical (unpaired) electrons. The summed E-state index contributed by atoms with van der Waals surface area (Å²) >= 11 is 0. The van der Waals surface area contributed by atoms with Gasteiger partial charge < -0.3 is 14.6 Å². The fourth-order valence-electron chi connectivity index (χ4n) is 2.68. The molecule has 24 heavy (non-hydrogen) atoms. The van der Waals surface area contributed by atoms with E-state index in [1.165, 1.54) is 0 Å². The van der Waals surface area contributed by atoms with E-state index in [0.717, 1.165) is 12.8 Å². The Hall–Kier alpha value is -1.80. The number of amides is 1. The number of rotatable bonds is 3. The molecule has 0 spiro atoms. The van der Waals surface area contributed by atoms with E-state index in [4.69, 9.17) is 4.74 Å². The van der Waals surface area contributed by atoms with E-state index in [2.05, 4.69) is 20.0 Å². The number of carbonyl (C=O) groups is 1. The van der Waals surface area contributed by atoms with Crippen molar-refractivity contribution in [1.82, 2.24) is 15.5 Å². The molecule has 136 valence electrons. The third-order valence-corrected chi connectivity index (χ3v) is 3.83. The summed E-state index contributed by atoms with van der Waals surface area (Å²) in [4.78, 5) is 15.1. The van der Waals surface area contributed by atoms with Gasteiger partial charge in [0.1, 0.15) is 5.60 Å². The van der Waals surface area contributed by atoms with Gasteiger partial charge in [-0.05, 0) is 52.4 Å². The molecule has 1 N–H and O–H groups in total. The minimum atomic E-state index is -4.61. The molecule has 0 aliphatic heterocycles. The van der Waals surface area contributed by atoms with Crippen molar-refractivity contribution in [1.29, 1.82) is 0 Å². The van der Waals surface area contributed by atoms with Gasteiger partial charge in [-0.1, -0.05) is 5.16 Å². The lowest BCUT2D eigenvalue weighted by Gasteiger charge is -2.27. The first kappa shape index (κ1) is 18.5. The Morgan fingerprint density at radius 3 is 2.38 bits per heavy atom. The first-order valence-electron chi connectivity index (χ1n) is 7.92. The van der Waals surface area contributed by atoms with E-state index >= 15 is 0 Å². The highest BCUT2D eigenvalue weighted by molar-refractivity contribution is 5.67. The number of ether oxygens (including phenoxy) is 1. The lowest BCUT2D eigenvalue weighted by atomic mass is 9.81. The molecule has 1 fully saturated rings. The van der Waals surface area contributed by atoms with Gasteiger partial charge >= 0.3 is 18.2 Å². The Bertz CT molecular complexity index is 558. The molecular weight excluding hydrogens is 327 g/mol. The van der Waals surface area contributed by atoms with Crippen molar-refractivity contribution in [2.75, 3.05) is 6.54 Å². The number of alkyl halides is 3. The van der Waals surface area contributed by atoms with Gasteiger partial charge in [-0.3, -0.25) is 0 Å². The lowest BCUT2D eigenvalue weighted by molar-refractivity contribution is -0.159. The third-order valence-electron chi connectivity index (χ3n) is 3.83. The molecule has 1 aliphatic carbocycles. The average Bonchev–Trinajstić information content (AvgIpc) is 2.93. The molecule has 6 nitrogen and oxygen atoms in total. The Morgan fingerprint density at radius 2 is 1.88 bits per heavy atom. The summed E-state index contributed by atoms with van der Waals surface area (Å²) in [5.74, 6) is -1.06. The largest absolute Gasteiger partial charge is 0.471 e. The van der Waals surface area contributed by atoms with E-state index in [9.17, 15) is 18.0 Å². The van der Waals surface area contributed by atoms with Gasteiger partial charge in [-0.15, -0.1) is 0 Å². The van der Waals surface area contributed by atoms with E-state index in [-0.39, 0.29) is 17.7 Å². The zero-order valence-corrected chi connectivity index (χ0v) is 13.9. The fraction of sp³-hybridized carbons (Fsp3) is 0.800. The molecule has 1 saturated carbocycles. The number of hydrogen-bond acceptors (Lipinski definition) is 5. The van der Waals surface area contributed by atoms with Gasteiger partial charge in [0, 0.05) is 12.5 Å². The van der Waals surface area contributed by atoms with Crippen LogP contribution in [0.3, 0.4) is 0 Å². The maximum Gasteiger partial charge on any atom is 0.471 e. The number of aromatic nitrogens is 2. The highest BCUT2D eigenvalue weighted by Gasteiger charge is 2.39. The summed E-state index contributed by atoms with van der Waals surface area (Å²) in [5.41, 5.74) is -0.545. The summed E-state index contributed by atoms with van der Waals surface area (Å²) < 4.78 is 46.9. The predicted octanol–water partition coefficient (Wildman–Crippen LogP) is 3.89. The van der Waals surface area contributed by atoms with Crippen molar-refractivity contribution in [3.8, 4) is 0 Å². The van der Waals surface area contributed by atoms with Gasteiger partial charge in [-0.2, -0.15) is 18.2 Å². The van der Waals surface area contributed by atoms with Crippen molar-refractivity contribution in [2.45, 2.75) is 64.1 Å². The van der Waals surface area contributed by atoms with Crippen molar-refractivity contribution in [2.24, 2.45) is 5.92 Å². The number of alkyl carbamates (subject to hydrolysis) is 1. The molecule has 1 aromatic heterocycles. The topological polar surface area (TPSA) is 77.2 Å². The first-order valence-corrected chi connectivity index (χ1v) is 7.92. The highest BCUT2D eigenvalue weighted by Crippen LogP contribution is 2.36. The highest BCUT2D eigenvalue weighted by atomic mass is 19.4. The van der Waals surface area contributed by atoms with Crippen LogP contribution in [0.1, 0.15) is 64.1 Å². The standard InChI is InChI=1S/C15H22F3N3O3/c1-14(2,3)23-13(22)19-8-9-4-6-10(7-5-9)11-20-12(24-21-11)15(16,17)18/h9-10H,4-8H2,1-3H3,(H,19,22)/t9-,10-. The minimum Gasteiger partial charge on any atom is -0.444 e. The molecule has 1 heterocycles. The smallest absolute Gasteiger partial charge is 0.444 e. The Balaban J connectivity index is 1.77. The van der Waals surface area contributed by atoms with Crippen molar-refractivity contribution in [3.05, 3.63) is 11.7 Å². The van der Waals surface area contributed by atoms with Gasteiger partial charge in [0.2, 0.25) is 0 Å². The number of nitrogens with zero attached hydrogens (tertiary/aromatic N) is 2. The number of halogens is 3. The molecule has 0 bridgehead atoms. The van der Waals surface area contributed by atoms with Crippen LogP contribution in [0, 0.1) is 5.92 Å². The molecule has 2 rings (SSSR count). The third kappa shape index (κ3) is 5.38. The van der Waals surface area contributed by atoms with Crippen LogP contribution in [0.15, 0.2) is 4.52 Å². The van der Waals surface area contributed by atoms with Crippen LogP contribution in [0.5, 0.6) is 0 Å². The predicted molar refractivity (Wildman–Crippen MR) is 78.2 cm³/mol. The Morgan fingerprint density at radius 1 is 1.25 bits per heavy atom. The minimum absolute atomic E-state index is 0.112. The van der Waals surface area contributed by atoms with E-state index in [1.807, 2.05) is 0 Å². The normalized spacial score (nSPS) is 22.2. The van der Waals surface area contributed by atoms with Crippen LogP contribution in [0.2, 0.25) is 0 Å². The zero-order chi connectivity index (χ0) is 18.0. The summed E-state index contributed by atoms with van der Waals surface area (Å²) in [5, 5.41) is 6.18. The molecule has 1 amide bonds. The lowest BCUT2D eigenvalue weighted by Crippen LogP contribution is -2.36. The molecule has 0 unspecified atom stereocenters. The van der Waals surface area contributed by atoms with Crippen LogP contribution < -0.4 is 5.32 Å². The van der Waals surface area contributed by atoms with Gasteiger partial charge in [-0.25, -0.2) is 4.79 Å². The molecule has 1 aromatic rings. The van der Waals surface area contributed by atoms with Crippen LogP contribution >= 0.6 is 0 Å². The Labute approximate surface area is 138 Å². The second kappa shape index (κ2) is 6.98. The number of nitrogens with one attached hydrogen (secondary N) is 1. The van der Waals surface area contributed by atoms with E-state index in [0.29, 0.717) is 19.4 Å². The van der Waals surface area contributed by atoms with Gasteiger partial charge in [0.15, 0.2) is 5.82 Å². The van der Waals surface area contributed by atoms with E-state index in [1.54, 1.807) is 20.8 Å². The van der Waals surface area contributed by atoms with E-state index < -0.39 is 23.8 Å². The van der Waals surface area contributed by atoms with Gasteiger partial charge in [0.25, 0.3) is 0 Å². The van der Waals surface area contributed by atoms with Crippen LogP contribution in [-0.4, -0.2) is 28.4 Å². The molecular formula is C15H22F3N3O3. The Kier molecular flexibility index (Phi) is 5.39. The van der Waals surface area contributed by atoms with Crippen molar-refractivity contribution >= 4 is 6.09 Å². The monoisotopic (exact) mass is 349 g/mol. The van der Waals surface area contributed by atoms with Crippen LogP contribution in [0.4, 0.5) is 18.0 Å². The zero-order valence-electron chi connectivity index (χ0n) is 13.9. The quantitative estimate of drug-likeness (QED) is 0.896. The van der Waals surface area contributed by atoms with Crippen molar-refractivity contribution < 1.29 is 27.2 Å².